The molecule has 0 spiro atoms. The van der Waals surface area contributed by atoms with Crippen LogP contribution in [0.5, 0.6) is 0 Å². The summed E-state index contributed by atoms with van der Waals surface area (Å²) in [5, 5.41) is 0. The van der Waals surface area contributed by atoms with Crippen molar-refractivity contribution in [3.63, 3.8) is 0 Å². The van der Waals surface area contributed by atoms with Crippen molar-refractivity contribution in [2.45, 2.75) is 32.4 Å². The Labute approximate surface area is 92.2 Å². The third-order valence-electron chi connectivity index (χ3n) is 3.24. The van der Waals surface area contributed by atoms with Crippen molar-refractivity contribution in [3.8, 4) is 0 Å². The van der Waals surface area contributed by atoms with Gasteiger partial charge >= 0.3 is 0 Å². The molecule has 0 amide bonds. The number of likely N-dealkylation sites (N-methyl/N-ethyl adjacent to an activating group) is 1. The van der Waals surface area contributed by atoms with Crippen molar-refractivity contribution < 1.29 is 0 Å². The lowest BCUT2D eigenvalue weighted by molar-refractivity contribution is 0.0849. The van der Waals surface area contributed by atoms with Gasteiger partial charge in [0.25, 0.3) is 0 Å². The van der Waals surface area contributed by atoms with E-state index in [1.165, 1.54) is 6.42 Å². The van der Waals surface area contributed by atoms with Crippen molar-refractivity contribution in [1.29, 1.82) is 0 Å². The first-order valence-electron chi connectivity index (χ1n) is 5.29. The predicted octanol–water partition coefficient (Wildman–Crippen LogP) is 0.687. The molecule has 0 aromatic rings. The molecule has 3 nitrogen and oxygen atoms in total. The Morgan fingerprint density at radius 3 is 2.71 bits per heavy atom. The van der Waals surface area contributed by atoms with Gasteiger partial charge in [0.15, 0.2) is 0 Å². The van der Waals surface area contributed by atoms with E-state index in [4.69, 9.17) is 18.0 Å². The monoisotopic (exact) mass is 215 g/mol. The second kappa shape index (κ2) is 5.05. The molecule has 2 atom stereocenters. The van der Waals surface area contributed by atoms with E-state index in [-0.39, 0.29) is 6.04 Å². The maximum absolute atomic E-state index is 5.66. The largest absolute Gasteiger partial charge is 0.392 e. The normalized spacial score (nSPS) is 27.5. The molecule has 1 fully saturated rings. The van der Waals surface area contributed by atoms with Crippen LogP contribution in [0.2, 0.25) is 0 Å². The molecule has 82 valence electrons. The van der Waals surface area contributed by atoms with E-state index < -0.39 is 0 Å². The predicted molar refractivity (Wildman–Crippen MR) is 64.5 cm³/mol. The third-order valence-corrected chi connectivity index (χ3v) is 3.58. The van der Waals surface area contributed by atoms with Gasteiger partial charge in [0.05, 0.1) is 11.0 Å². The highest BCUT2D eigenvalue weighted by Crippen LogP contribution is 2.13. The molecule has 4 heteroatoms. The van der Waals surface area contributed by atoms with Crippen molar-refractivity contribution in [3.05, 3.63) is 0 Å². The van der Waals surface area contributed by atoms with E-state index in [9.17, 15) is 0 Å². The second-order valence-electron chi connectivity index (χ2n) is 4.12. The Kier molecular flexibility index (Phi) is 4.29. The van der Waals surface area contributed by atoms with Gasteiger partial charge in [-0.1, -0.05) is 19.1 Å². The lowest BCUT2D eigenvalue weighted by atomic mass is 10.1. The summed E-state index contributed by atoms with van der Waals surface area (Å²) in [6.07, 6.45) is 1.19. The summed E-state index contributed by atoms with van der Waals surface area (Å²) in [5.41, 5.74) is 5.66. The first kappa shape index (κ1) is 11.9. The molecule has 14 heavy (non-hydrogen) atoms. The molecule has 1 saturated heterocycles. The van der Waals surface area contributed by atoms with Crippen molar-refractivity contribution in [2.75, 3.05) is 26.7 Å². The van der Waals surface area contributed by atoms with Gasteiger partial charge in [-0.25, -0.2) is 0 Å². The SMILES string of the molecule is CCC1CN(C(C)C(N)=S)CCN1C. The number of hydrogen-bond acceptors (Lipinski definition) is 3. The number of piperazine rings is 1. The number of nitrogens with zero attached hydrogens (tertiary/aromatic N) is 2. The Morgan fingerprint density at radius 1 is 1.57 bits per heavy atom. The topological polar surface area (TPSA) is 32.5 Å². The van der Waals surface area contributed by atoms with Gasteiger partial charge in [-0.05, 0) is 20.4 Å². The molecular formula is C10H21N3S. The van der Waals surface area contributed by atoms with Gasteiger partial charge in [0.1, 0.15) is 0 Å². The Hall–Kier alpha value is -0.190. The Morgan fingerprint density at radius 2 is 2.21 bits per heavy atom. The van der Waals surface area contributed by atoms with Crippen molar-refractivity contribution in [2.24, 2.45) is 5.73 Å². The maximum Gasteiger partial charge on any atom is 0.0899 e. The molecule has 2 N–H and O–H groups in total. The number of rotatable bonds is 3. The first-order valence-corrected chi connectivity index (χ1v) is 5.70. The zero-order valence-corrected chi connectivity index (χ0v) is 10.2. The van der Waals surface area contributed by atoms with Crippen molar-refractivity contribution >= 4 is 17.2 Å². The molecule has 0 aromatic heterocycles. The number of nitrogens with two attached hydrogens (primary N) is 1. The third kappa shape index (κ3) is 2.65. The Balaban J connectivity index is 2.54. The molecule has 1 aliphatic rings. The molecular weight excluding hydrogens is 194 g/mol. The van der Waals surface area contributed by atoms with Gasteiger partial charge in [0, 0.05) is 25.7 Å². The van der Waals surface area contributed by atoms with E-state index >= 15 is 0 Å². The fraction of sp³-hybridized carbons (Fsp3) is 0.900. The molecule has 0 saturated carbocycles. The van der Waals surface area contributed by atoms with Gasteiger partial charge in [0.2, 0.25) is 0 Å². The van der Waals surface area contributed by atoms with Gasteiger partial charge in [-0.15, -0.1) is 0 Å². The van der Waals surface area contributed by atoms with Crippen LogP contribution in [0.25, 0.3) is 0 Å². The molecule has 0 bridgehead atoms. The molecule has 0 aromatic carbocycles. The lowest BCUT2D eigenvalue weighted by Crippen LogP contribution is -2.56. The summed E-state index contributed by atoms with van der Waals surface area (Å²) in [6.45, 7) is 7.61. The standard InChI is InChI=1S/C10H21N3S/c1-4-9-7-13(6-5-12(9)3)8(2)10(11)14/h8-9H,4-7H2,1-3H3,(H2,11,14). The van der Waals surface area contributed by atoms with E-state index in [0.29, 0.717) is 11.0 Å². The number of hydrogen-bond donors (Lipinski definition) is 1. The highest BCUT2D eigenvalue weighted by molar-refractivity contribution is 7.80. The van der Waals surface area contributed by atoms with Gasteiger partial charge in [-0.2, -0.15) is 0 Å². The fourth-order valence-electron chi connectivity index (χ4n) is 1.94. The van der Waals surface area contributed by atoms with E-state index in [2.05, 4.69) is 30.7 Å². The smallest absolute Gasteiger partial charge is 0.0899 e. The van der Waals surface area contributed by atoms with Crippen LogP contribution in [-0.4, -0.2) is 53.6 Å². The zero-order chi connectivity index (χ0) is 10.7. The molecule has 1 heterocycles. The summed E-state index contributed by atoms with van der Waals surface area (Å²) < 4.78 is 0. The van der Waals surface area contributed by atoms with Crippen LogP contribution in [0.4, 0.5) is 0 Å². The molecule has 1 rings (SSSR count). The number of thiocarbonyl (C=S) groups is 1. The maximum atomic E-state index is 5.66. The van der Waals surface area contributed by atoms with Crippen LogP contribution in [0, 0.1) is 0 Å². The first-order chi connectivity index (χ1) is 6.56. The minimum absolute atomic E-state index is 0.243. The summed E-state index contributed by atoms with van der Waals surface area (Å²) in [5.74, 6) is 0. The van der Waals surface area contributed by atoms with E-state index in [1.807, 2.05) is 0 Å². The average Bonchev–Trinajstić information content (AvgIpc) is 2.17. The van der Waals surface area contributed by atoms with Gasteiger partial charge < -0.3 is 10.6 Å². The highest BCUT2D eigenvalue weighted by atomic mass is 32.1. The molecule has 1 aliphatic heterocycles. The summed E-state index contributed by atoms with van der Waals surface area (Å²) in [4.78, 5) is 5.42. The van der Waals surface area contributed by atoms with Crippen LogP contribution in [0.15, 0.2) is 0 Å². The van der Waals surface area contributed by atoms with Crippen LogP contribution in [0.1, 0.15) is 20.3 Å². The minimum atomic E-state index is 0.243. The summed E-state index contributed by atoms with van der Waals surface area (Å²) in [6, 6.07) is 0.897. The fourth-order valence-corrected chi connectivity index (χ4v) is 2.09. The van der Waals surface area contributed by atoms with Gasteiger partial charge in [-0.3, -0.25) is 4.90 Å². The van der Waals surface area contributed by atoms with Crippen LogP contribution in [0.3, 0.4) is 0 Å². The van der Waals surface area contributed by atoms with Crippen molar-refractivity contribution in [1.82, 2.24) is 9.80 Å². The quantitative estimate of drug-likeness (QED) is 0.702. The summed E-state index contributed by atoms with van der Waals surface area (Å²) in [7, 11) is 2.19. The molecule has 2 unspecified atom stereocenters. The Bertz CT molecular complexity index is 208. The molecule has 0 aliphatic carbocycles. The van der Waals surface area contributed by atoms with Crippen LogP contribution in [-0.2, 0) is 0 Å². The second-order valence-corrected chi connectivity index (χ2v) is 4.59. The highest BCUT2D eigenvalue weighted by Gasteiger charge is 2.26. The average molecular weight is 215 g/mol. The summed E-state index contributed by atoms with van der Waals surface area (Å²) >= 11 is 5.03. The van der Waals surface area contributed by atoms with E-state index in [1.54, 1.807) is 0 Å². The minimum Gasteiger partial charge on any atom is -0.392 e. The van der Waals surface area contributed by atoms with Crippen LogP contribution < -0.4 is 5.73 Å². The lowest BCUT2D eigenvalue weighted by Gasteiger charge is -2.41. The van der Waals surface area contributed by atoms with E-state index in [0.717, 1.165) is 19.6 Å². The zero-order valence-electron chi connectivity index (χ0n) is 9.36. The van der Waals surface area contributed by atoms with Crippen LogP contribution >= 0.6 is 12.2 Å². The molecule has 0 radical (unpaired) electrons.